The summed E-state index contributed by atoms with van der Waals surface area (Å²) in [6.45, 7) is 0.276. The Kier molecular flexibility index (Phi) is 6.10. The highest BCUT2D eigenvalue weighted by atomic mass is 79.9. The van der Waals surface area contributed by atoms with Crippen LogP contribution in [-0.4, -0.2) is 32.3 Å². The van der Waals surface area contributed by atoms with E-state index in [0.29, 0.717) is 12.4 Å². The maximum Gasteiger partial charge on any atom is 0.263 e. The number of nitrogens with two attached hydrogens (primary N) is 1. The molecule has 2 aromatic carbocycles. The second-order valence-corrected chi connectivity index (χ2v) is 6.34. The first-order valence-corrected chi connectivity index (χ1v) is 8.71. The molecule has 0 saturated carbocycles. The molecule has 1 heterocycles. The summed E-state index contributed by atoms with van der Waals surface area (Å²) < 4.78 is 6.85. The summed E-state index contributed by atoms with van der Waals surface area (Å²) in [5.41, 5.74) is 9.50. The molecule has 0 aliphatic carbocycles. The number of amides is 1. The lowest BCUT2D eigenvalue weighted by Crippen LogP contribution is -2.24. The van der Waals surface area contributed by atoms with Gasteiger partial charge in [-0.15, -0.1) is 5.10 Å². The van der Waals surface area contributed by atoms with Gasteiger partial charge < -0.3 is 10.5 Å². The first-order chi connectivity index (χ1) is 13.1. The maximum atomic E-state index is 11.8. The van der Waals surface area contributed by atoms with Crippen molar-refractivity contribution in [2.24, 2.45) is 5.10 Å². The second-order valence-electron chi connectivity index (χ2n) is 5.43. The Morgan fingerprint density at radius 2 is 2.15 bits per heavy atom. The zero-order chi connectivity index (χ0) is 19.1. The lowest BCUT2D eigenvalue weighted by Gasteiger charge is -2.09. The number of halogens is 1. The van der Waals surface area contributed by atoms with Crippen LogP contribution in [0.25, 0.3) is 0 Å². The molecule has 3 N–H and O–H groups in total. The van der Waals surface area contributed by atoms with E-state index in [1.54, 1.807) is 0 Å². The van der Waals surface area contributed by atoms with Crippen LogP contribution in [0.4, 0.5) is 5.95 Å². The van der Waals surface area contributed by atoms with Crippen LogP contribution < -0.4 is 15.9 Å². The van der Waals surface area contributed by atoms with Crippen molar-refractivity contribution in [3.05, 3.63) is 64.1 Å². The summed E-state index contributed by atoms with van der Waals surface area (Å²) in [7, 11) is 0. The number of rotatable bonds is 7. The fraction of sp³-hybridized carbons (Fsp3) is 0.118. The van der Waals surface area contributed by atoms with Crippen molar-refractivity contribution in [2.75, 3.05) is 5.73 Å². The molecule has 0 aliphatic heterocycles. The number of tetrazole rings is 1. The number of para-hydroxylation sites is 1. The van der Waals surface area contributed by atoms with E-state index in [1.165, 1.54) is 6.21 Å². The number of ether oxygens (including phenoxy) is 1. The molecule has 0 aliphatic rings. The molecule has 1 aromatic heterocycles. The molecule has 9 nitrogen and oxygen atoms in total. The molecular weight excluding hydrogens is 414 g/mol. The molecule has 0 unspecified atom stereocenters. The third-order valence-corrected chi connectivity index (χ3v) is 3.84. The van der Waals surface area contributed by atoms with Gasteiger partial charge in [0.1, 0.15) is 18.9 Å². The lowest BCUT2D eigenvalue weighted by molar-refractivity contribution is -0.122. The standard InChI is InChI=1S/C17H16BrN7O2/c18-14-6-3-4-12(8-14)11-27-15-7-2-1-5-13(15)9-20-21-16(26)10-25-23-17(19)22-24-25/h1-9H,10-11H2,(H2,19,23)(H,21,26)/b20-9-. The van der Waals surface area contributed by atoms with E-state index in [2.05, 4.69) is 41.9 Å². The Morgan fingerprint density at radius 3 is 2.93 bits per heavy atom. The summed E-state index contributed by atoms with van der Waals surface area (Å²) in [6, 6.07) is 15.3. The van der Waals surface area contributed by atoms with Crippen LogP contribution in [0.3, 0.4) is 0 Å². The van der Waals surface area contributed by atoms with Crippen LogP contribution in [0.2, 0.25) is 0 Å². The normalized spacial score (nSPS) is 10.9. The van der Waals surface area contributed by atoms with E-state index in [9.17, 15) is 4.79 Å². The van der Waals surface area contributed by atoms with Crippen LogP contribution >= 0.6 is 15.9 Å². The van der Waals surface area contributed by atoms with Crippen LogP contribution in [-0.2, 0) is 17.9 Å². The number of nitrogens with one attached hydrogen (secondary N) is 1. The number of hydrogen-bond acceptors (Lipinski definition) is 7. The van der Waals surface area contributed by atoms with Gasteiger partial charge in [0.25, 0.3) is 11.9 Å². The molecule has 138 valence electrons. The average Bonchev–Trinajstić information content (AvgIpc) is 3.05. The van der Waals surface area contributed by atoms with E-state index in [0.717, 1.165) is 20.4 Å². The van der Waals surface area contributed by atoms with E-state index < -0.39 is 5.91 Å². The average molecular weight is 430 g/mol. The van der Waals surface area contributed by atoms with E-state index >= 15 is 0 Å². The summed E-state index contributed by atoms with van der Waals surface area (Å²) in [4.78, 5) is 12.9. The van der Waals surface area contributed by atoms with Crippen LogP contribution in [0.1, 0.15) is 11.1 Å². The molecule has 1 amide bonds. The molecule has 0 bridgehead atoms. The molecular formula is C17H16BrN7O2. The molecule has 3 aromatic rings. The zero-order valence-electron chi connectivity index (χ0n) is 14.1. The lowest BCUT2D eigenvalue weighted by atomic mass is 10.2. The van der Waals surface area contributed by atoms with Crippen LogP contribution in [0, 0.1) is 0 Å². The number of benzene rings is 2. The van der Waals surface area contributed by atoms with Gasteiger partial charge in [0.05, 0.1) is 6.21 Å². The fourth-order valence-corrected chi connectivity index (χ4v) is 2.61. The molecule has 3 rings (SSSR count). The Labute approximate surface area is 163 Å². The van der Waals surface area contributed by atoms with E-state index in [-0.39, 0.29) is 12.5 Å². The molecule has 0 radical (unpaired) electrons. The van der Waals surface area contributed by atoms with Crippen molar-refractivity contribution in [1.82, 2.24) is 25.6 Å². The van der Waals surface area contributed by atoms with Crippen molar-refractivity contribution < 1.29 is 9.53 Å². The minimum absolute atomic E-state index is 0.00261. The van der Waals surface area contributed by atoms with E-state index in [4.69, 9.17) is 10.5 Å². The number of nitrogen functional groups attached to an aromatic ring is 1. The molecule has 0 fully saturated rings. The first-order valence-electron chi connectivity index (χ1n) is 7.91. The minimum atomic E-state index is -0.406. The number of hydrazone groups is 1. The quantitative estimate of drug-likeness (QED) is 0.435. The highest BCUT2D eigenvalue weighted by Crippen LogP contribution is 2.19. The summed E-state index contributed by atoms with van der Waals surface area (Å²) in [5.74, 6) is 0.250. The topological polar surface area (TPSA) is 120 Å². The maximum absolute atomic E-state index is 11.8. The van der Waals surface area contributed by atoms with Gasteiger partial charge in [0, 0.05) is 10.0 Å². The van der Waals surface area contributed by atoms with Gasteiger partial charge in [-0.3, -0.25) is 4.79 Å². The third kappa shape index (κ3) is 5.61. The van der Waals surface area contributed by atoms with E-state index in [1.807, 2.05) is 48.5 Å². The largest absolute Gasteiger partial charge is 0.488 e. The van der Waals surface area contributed by atoms with Crippen LogP contribution in [0.15, 0.2) is 58.1 Å². The Balaban J connectivity index is 1.58. The van der Waals surface area contributed by atoms with Crippen molar-refractivity contribution in [3.8, 4) is 5.75 Å². The van der Waals surface area contributed by atoms with Crippen molar-refractivity contribution in [1.29, 1.82) is 0 Å². The van der Waals surface area contributed by atoms with Crippen molar-refractivity contribution in [2.45, 2.75) is 13.2 Å². The molecule has 0 atom stereocenters. The summed E-state index contributed by atoms with van der Waals surface area (Å²) in [6.07, 6.45) is 1.51. The number of aromatic nitrogens is 4. The molecule has 0 saturated heterocycles. The summed E-state index contributed by atoms with van der Waals surface area (Å²) >= 11 is 3.44. The second kappa shape index (κ2) is 8.90. The van der Waals surface area contributed by atoms with Gasteiger partial charge in [-0.1, -0.05) is 45.3 Å². The van der Waals surface area contributed by atoms with Crippen LogP contribution in [0.5, 0.6) is 5.75 Å². The third-order valence-electron chi connectivity index (χ3n) is 3.35. The predicted octanol–water partition coefficient (Wildman–Crippen LogP) is 1.75. The SMILES string of the molecule is Nc1nnn(CC(=O)N/N=C\c2ccccc2OCc2cccc(Br)c2)n1. The van der Waals surface area contributed by atoms with Gasteiger partial charge >= 0.3 is 0 Å². The van der Waals surface area contributed by atoms with Gasteiger partial charge in [-0.2, -0.15) is 9.90 Å². The van der Waals surface area contributed by atoms with Gasteiger partial charge in [-0.05, 0) is 35.0 Å². The summed E-state index contributed by atoms with van der Waals surface area (Å²) in [5, 5.41) is 14.8. The Bertz CT molecular complexity index is 958. The number of hydrogen-bond donors (Lipinski definition) is 2. The number of anilines is 1. The molecule has 10 heteroatoms. The minimum Gasteiger partial charge on any atom is -0.488 e. The smallest absolute Gasteiger partial charge is 0.263 e. The monoisotopic (exact) mass is 429 g/mol. The molecule has 27 heavy (non-hydrogen) atoms. The number of nitrogens with zero attached hydrogens (tertiary/aromatic N) is 5. The fourth-order valence-electron chi connectivity index (χ4n) is 2.17. The number of carbonyl (C=O) groups excluding carboxylic acids is 1. The Morgan fingerprint density at radius 1 is 1.30 bits per heavy atom. The highest BCUT2D eigenvalue weighted by Gasteiger charge is 2.05. The number of carbonyl (C=O) groups is 1. The van der Waals surface area contributed by atoms with Crippen molar-refractivity contribution >= 4 is 34.0 Å². The highest BCUT2D eigenvalue weighted by molar-refractivity contribution is 9.10. The first kappa shape index (κ1) is 18.5. The van der Waals surface area contributed by atoms with Gasteiger partial charge in [0.2, 0.25) is 0 Å². The predicted molar refractivity (Wildman–Crippen MR) is 103 cm³/mol. The van der Waals surface area contributed by atoms with Gasteiger partial charge in [-0.25, -0.2) is 5.43 Å². The molecule has 0 spiro atoms. The van der Waals surface area contributed by atoms with Crippen molar-refractivity contribution in [3.63, 3.8) is 0 Å². The zero-order valence-corrected chi connectivity index (χ0v) is 15.7. The Hall–Kier alpha value is -3.27. The van der Waals surface area contributed by atoms with Gasteiger partial charge in [0.15, 0.2) is 0 Å².